The highest BCUT2D eigenvalue weighted by Gasteiger charge is 2.38. The van der Waals surface area contributed by atoms with E-state index < -0.39 is 23.3 Å². The van der Waals surface area contributed by atoms with Gasteiger partial charge in [0.15, 0.2) is 0 Å². The molecule has 9 heteroatoms. The van der Waals surface area contributed by atoms with Gasteiger partial charge in [0.25, 0.3) is 5.79 Å². The molecule has 33 heavy (non-hydrogen) atoms. The maximum Gasteiger partial charge on any atom is 0.410 e. The Morgan fingerprint density at radius 1 is 1.03 bits per heavy atom. The van der Waals surface area contributed by atoms with Crippen molar-refractivity contribution in [3.63, 3.8) is 0 Å². The average Bonchev–Trinajstić information content (AvgIpc) is 2.70. The van der Waals surface area contributed by atoms with Crippen LogP contribution in [0.25, 0.3) is 6.08 Å². The minimum absolute atomic E-state index is 0.145. The molecule has 1 aromatic carbocycles. The van der Waals surface area contributed by atoms with Crippen LogP contribution in [0.2, 0.25) is 0 Å². The molecule has 0 bridgehead atoms. The molecule has 0 aliphatic carbocycles. The number of carbonyl (C=O) groups is 3. The van der Waals surface area contributed by atoms with Crippen molar-refractivity contribution >= 4 is 24.1 Å². The molecule has 2 aliphatic heterocycles. The Morgan fingerprint density at radius 2 is 1.61 bits per heavy atom. The van der Waals surface area contributed by atoms with Gasteiger partial charge in [0.05, 0.1) is 0 Å². The lowest BCUT2D eigenvalue weighted by Crippen LogP contribution is -2.50. The van der Waals surface area contributed by atoms with Crippen molar-refractivity contribution in [1.29, 1.82) is 0 Å². The molecule has 0 saturated carbocycles. The Labute approximate surface area is 194 Å². The molecule has 2 heterocycles. The summed E-state index contributed by atoms with van der Waals surface area (Å²) in [6.07, 6.45) is 1.17. The summed E-state index contributed by atoms with van der Waals surface area (Å²) in [5, 5.41) is 0. The number of cyclic esters (lactones) is 2. The summed E-state index contributed by atoms with van der Waals surface area (Å²) >= 11 is 0. The van der Waals surface area contributed by atoms with Crippen LogP contribution in [0.1, 0.15) is 40.2 Å². The van der Waals surface area contributed by atoms with E-state index in [0.717, 1.165) is 19.6 Å². The first-order chi connectivity index (χ1) is 15.4. The Bertz CT molecular complexity index is 886. The van der Waals surface area contributed by atoms with Crippen LogP contribution in [0.5, 0.6) is 5.75 Å². The number of hydrogen-bond acceptors (Lipinski definition) is 8. The third kappa shape index (κ3) is 7.21. The molecule has 0 spiro atoms. The SMILES string of the molecule is CC(C)(C)OC(=O)N1CCN(CCOc2ccc(C=C3C(=O)OC(C)(C)OC3=O)cc2)CC1. The van der Waals surface area contributed by atoms with Gasteiger partial charge in [-0.3, -0.25) is 4.90 Å². The van der Waals surface area contributed by atoms with Gasteiger partial charge in [-0.2, -0.15) is 0 Å². The normalized spacial score (nSPS) is 18.9. The van der Waals surface area contributed by atoms with E-state index in [9.17, 15) is 14.4 Å². The summed E-state index contributed by atoms with van der Waals surface area (Å²) in [7, 11) is 0. The summed E-state index contributed by atoms with van der Waals surface area (Å²) < 4.78 is 21.4. The number of nitrogens with zero attached hydrogens (tertiary/aromatic N) is 2. The van der Waals surface area contributed by atoms with E-state index in [0.29, 0.717) is 31.0 Å². The standard InChI is InChI=1S/C24H32N2O7/c1-23(2,3)33-22(29)26-12-10-25(11-13-26)14-15-30-18-8-6-17(7-9-18)16-19-20(27)31-24(4,5)32-21(19)28/h6-9,16H,10-15H2,1-5H3. The highest BCUT2D eigenvalue weighted by Crippen LogP contribution is 2.24. The van der Waals surface area contributed by atoms with Gasteiger partial charge in [-0.05, 0) is 44.5 Å². The number of ether oxygens (including phenoxy) is 4. The summed E-state index contributed by atoms with van der Waals surface area (Å²) in [6, 6.07) is 7.05. The van der Waals surface area contributed by atoms with Crippen molar-refractivity contribution < 1.29 is 33.3 Å². The van der Waals surface area contributed by atoms with E-state index in [1.54, 1.807) is 29.2 Å². The van der Waals surface area contributed by atoms with Crippen LogP contribution in [-0.4, -0.2) is 78.6 Å². The molecular weight excluding hydrogens is 428 g/mol. The van der Waals surface area contributed by atoms with Crippen LogP contribution in [0, 0.1) is 0 Å². The molecule has 2 saturated heterocycles. The number of benzene rings is 1. The molecule has 2 aliphatic rings. The number of esters is 2. The molecule has 1 aromatic rings. The van der Waals surface area contributed by atoms with E-state index >= 15 is 0 Å². The number of amides is 1. The van der Waals surface area contributed by atoms with Crippen LogP contribution >= 0.6 is 0 Å². The lowest BCUT2D eigenvalue weighted by Gasteiger charge is -2.35. The molecule has 9 nitrogen and oxygen atoms in total. The monoisotopic (exact) mass is 460 g/mol. The van der Waals surface area contributed by atoms with Crippen LogP contribution in [0.3, 0.4) is 0 Å². The van der Waals surface area contributed by atoms with Crippen molar-refractivity contribution in [1.82, 2.24) is 9.80 Å². The molecule has 0 unspecified atom stereocenters. The van der Waals surface area contributed by atoms with Crippen molar-refractivity contribution in [3.8, 4) is 5.75 Å². The third-order valence-corrected chi connectivity index (χ3v) is 5.01. The minimum atomic E-state index is -1.26. The topological polar surface area (TPSA) is 94.6 Å². The molecule has 0 radical (unpaired) electrons. The van der Waals surface area contributed by atoms with Crippen LogP contribution < -0.4 is 4.74 Å². The molecule has 3 rings (SSSR count). The zero-order valence-corrected chi connectivity index (χ0v) is 19.9. The molecule has 0 atom stereocenters. The van der Waals surface area contributed by atoms with Gasteiger partial charge in [-0.25, -0.2) is 14.4 Å². The maximum absolute atomic E-state index is 12.1. The summed E-state index contributed by atoms with van der Waals surface area (Å²) in [6.45, 7) is 12.6. The number of hydrogen-bond donors (Lipinski definition) is 0. The Morgan fingerprint density at radius 3 is 2.15 bits per heavy atom. The predicted octanol–water partition coefficient (Wildman–Crippen LogP) is 2.84. The molecule has 0 aromatic heterocycles. The predicted molar refractivity (Wildman–Crippen MR) is 120 cm³/mol. The van der Waals surface area contributed by atoms with Crippen LogP contribution in [-0.2, 0) is 23.8 Å². The summed E-state index contributed by atoms with van der Waals surface area (Å²) in [4.78, 5) is 40.2. The fraction of sp³-hybridized carbons (Fsp3) is 0.542. The van der Waals surface area contributed by atoms with E-state index in [2.05, 4.69) is 4.90 Å². The van der Waals surface area contributed by atoms with Gasteiger partial charge in [0.2, 0.25) is 0 Å². The first-order valence-electron chi connectivity index (χ1n) is 11.0. The van der Waals surface area contributed by atoms with Crippen LogP contribution in [0.4, 0.5) is 4.79 Å². The fourth-order valence-electron chi connectivity index (χ4n) is 3.38. The zero-order valence-electron chi connectivity index (χ0n) is 19.9. The largest absolute Gasteiger partial charge is 0.492 e. The van der Waals surface area contributed by atoms with E-state index in [1.165, 1.54) is 19.9 Å². The molecular formula is C24H32N2O7. The Hall–Kier alpha value is -3.07. The van der Waals surface area contributed by atoms with Crippen molar-refractivity contribution in [2.75, 3.05) is 39.3 Å². The number of piperazine rings is 1. The van der Waals surface area contributed by atoms with Gasteiger partial charge in [0.1, 0.15) is 23.5 Å². The lowest BCUT2D eigenvalue weighted by molar-refractivity contribution is -0.222. The molecule has 1 amide bonds. The first-order valence-corrected chi connectivity index (χ1v) is 11.0. The van der Waals surface area contributed by atoms with E-state index in [1.807, 2.05) is 20.8 Å². The van der Waals surface area contributed by atoms with Gasteiger partial charge in [-0.15, -0.1) is 0 Å². The average molecular weight is 461 g/mol. The Kier molecular flexibility index (Phi) is 7.31. The number of rotatable bonds is 5. The highest BCUT2D eigenvalue weighted by atomic mass is 16.7. The highest BCUT2D eigenvalue weighted by molar-refractivity contribution is 6.18. The van der Waals surface area contributed by atoms with Gasteiger partial charge in [-0.1, -0.05) is 12.1 Å². The summed E-state index contributed by atoms with van der Waals surface area (Å²) in [5.41, 5.74) is 0.0197. The van der Waals surface area contributed by atoms with Gasteiger partial charge in [0, 0.05) is 46.6 Å². The summed E-state index contributed by atoms with van der Waals surface area (Å²) in [5.74, 6) is -1.99. The molecule has 0 N–H and O–H groups in total. The third-order valence-electron chi connectivity index (χ3n) is 5.01. The van der Waals surface area contributed by atoms with Crippen molar-refractivity contribution in [2.24, 2.45) is 0 Å². The molecule has 180 valence electrons. The second kappa shape index (κ2) is 9.82. The van der Waals surface area contributed by atoms with Gasteiger partial charge < -0.3 is 23.8 Å². The Balaban J connectivity index is 1.43. The van der Waals surface area contributed by atoms with Crippen LogP contribution in [0.15, 0.2) is 29.8 Å². The lowest BCUT2D eigenvalue weighted by atomic mass is 10.1. The smallest absolute Gasteiger partial charge is 0.410 e. The van der Waals surface area contributed by atoms with E-state index in [-0.39, 0.29) is 11.7 Å². The quantitative estimate of drug-likeness (QED) is 0.376. The van der Waals surface area contributed by atoms with Crippen molar-refractivity contribution in [2.45, 2.75) is 46.0 Å². The minimum Gasteiger partial charge on any atom is -0.492 e. The fourth-order valence-corrected chi connectivity index (χ4v) is 3.38. The number of carbonyl (C=O) groups excluding carboxylic acids is 3. The van der Waals surface area contributed by atoms with Crippen molar-refractivity contribution in [3.05, 3.63) is 35.4 Å². The molecule has 2 fully saturated rings. The maximum atomic E-state index is 12.1. The zero-order chi connectivity index (χ0) is 24.2. The first kappa shape index (κ1) is 24.6. The second-order valence-electron chi connectivity index (χ2n) is 9.46. The van der Waals surface area contributed by atoms with Gasteiger partial charge >= 0.3 is 18.0 Å². The van der Waals surface area contributed by atoms with E-state index in [4.69, 9.17) is 18.9 Å². The second-order valence-corrected chi connectivity index (χ2v) is 9.46.